The first-order valence-corrected chi connectivity index (χ1v) is 9.17. The fraction of sp³-hybridized carbons (Fsp3) is 0.579. The SMILES string of the molecule is O=C1CCOC2(CCN(CC(=O)N3CCc4ccccc43)CC2)CN1. The lowest BCUT2D eigenvalue weighted by molar-refractivity contribution is -0.122. The molecular formula is C19H25N3O3. The van der Waals surface area contributed by atoms with Crippen molar-refractivity contribution in [2.45, 2.75) is 31.3 Å². The molecule has 0 aliphatic carbocycles. The third kappa shape index (κ3) is 3.41. The number of likely N-dealkylation sites (tertiary alicyclic amines) is 1. The number of nitrogens with zero attached hydrogens (tertiary/aromatic N) is 2. The predicted octanol–water partition coefficient (Wildman–Crippen LogP) is 0.947. The Morgan fingerprint density at radius 2 is 1.96 bits per heavy atom. The summed E-state index contributed by atoms with van der Waals surface area (Å²) in [7, 11) is 0. The molecular weight excluding hydrogens is 318 g/mol. The van der Waals surface area contributed by atoms with Gasteiger partial charge in [0.2, 0.25) is 11.8 Å². The van der Waals surface area contributed by atoms with Gasteiger partial charge < -0.3 is 15.0 Å². The van der Waals surface area contributed by atoms with E-state index in [1.165, 1.54) is 5.56 Å². The minimum atomic E-state index is -0.244. The summed E-state index contributed by atoms with van der Waals surface area (Å²) < 4.78 is 6.00. The molecule has 134 valence electrons. The van der Waals surface area contributed by atoms with Gasteiger partial charge in [0.1, 0.15) is 0 Å². The Labute approximate surface area is 148 Å². The summed E-state index contributed by atoms with van der Waals surface area (Å²) in [6.07, 6.45) is 3.10. The van der Waals surface area contributed by atoms with Gasteiger partial charge in [-0.05, 0) is 30.9 Å². The number of hydrogen-bond acceptors (Lipinski definition) is 4. The average Bonchev–Trinajstić information content (AvgIpc) is 2.98. The molecule has 0 bridgehead atoms. The lowest BCUT2D eigenvalue weighted by atomic mass is 9.91. The van der Waals surface area contributed by atoms with Crippen LogP contribution in [0.25, 0.3) is 0 Å². The van der Waals surface area contributed by atoms with E-state index >= 15 is 0 Å². The minimum Gasteiger partial charge on any atom is -0.373 e. The molecule has 1 aromatic rings. The number of ether oxygens (including phenoxy) is 1. The van der Waals surface area contributed by atoms with Crippen LogP contribution in [-0.2, 0) is 20.7 Å². The highest BCUT2D eigenvalue weighted by molar-refractivity contribution is 5.96. The van der Waals surface area contributed by atoms with Crippen LogP contribution in [-0.4, -0.2) is 61.6 Å². The van der Waals surface area contributed by atoms with Gasteiger partial charge in [0, 0.05) is 38.3 Å². The maximum absolute atomic E-state index is 12.7. The van der Waals surface area contributed by atoms with Crippen molar-refractivity contribution >= 4 is 17.5 Å². The summed E-state index contributed by atoms with van der Waals surface area (Å²) in [6, 6.07) is 8.16. The van der Waals surface area contributed by atoms with Crippen molar-refractivity contribution in [3.8, 4) is 0 Å². The molecule has 2 fully saturated rings. The molecule has 0 aromatic heterocycles. The third-order valence-corrected chi connectivity index (χ3v) is 5.66. The van der Waals surface area contributed by atoms with Crippen molar-refractivity contribution in [1.82, 2.24) is 10.2 Å². The molecule has 0 atom stereocenters. The Morgan fingerprint density at radius 3 is 2.80 bits per heavy atom. The van der Waals surface area contributed by atoms with Gasteiger partial charge in [0.05, 0.1) is 18.8 Å². The van der Waals surface area contributed by atoms with Crippen molar-refractivity contribution in [2.75, 3.05) is 44.2 Å². The molecule has 25 heavy (non-hydrogen) atoms. The summed E-state index contributed by atoms with van der Waals surface area (Å²) >= 11 is 0. The highest BCUT2D eigenvalue weighted by Gasteiger charge is 2.38. The van der Waals surface area contributed by atoms with Crippen LogP contribution in [0.1, 0.15) is 24.8 Å². The fourth-order valence-corrected chi connectivity index (χ4v) is 4.07. The molecule has 3 heterocycles. The second-order valence-corrected chi connectivity index (χ2v) is 7.26. The minimum absolute atomic E-state index is 0.0715. The molecule has 6 nitrogen and oxygen atoms in total. The summed E-state index contributed by atoms with van der Waals surface area (Å²) in [4.78, 5) is 28.4. The first-order valence-electron chi connectivity index (χ1n) is 9.17. The van der Waals surface area contributed by atoms with E-state index in [1.54, 1.807) is 0 Å². The first kappa shape index (κ1) is 16.5. The largest absolute Gasteiger partial charge is 0.373 e. The quantitative estimate of drug-likeness (QED) is 0.868. The molecule has 3 aliphatic heterocycles. The van der Waals surface area contributed by atoms with E-state index in [0.29, 0.717) is 26.1 Å². The van der Waals surface area contributed by atoms with Crippen LogP contribution in [0.2, 0.25) is 0 Å². The number of piperidine rings is 1. The number of amides is 2. The smallest absolute Gasteiger partial charge is 0.241 e. The lowest BCUT2D eigenvalue weighted by Crippen LogP contribution is -2.52. The zero-order valence-electron chi connectivity index (χ0n) is 14.5. The van der Waals surface area contributed by atoms with E-state index < -0.39 is 0 Å². The van der Waals surface area contributed by atoms with Crippen LogP contribution in [0.4, 0.5) is 5.69 Å². The van der Waals surface area contributed by atoms with E-state index in [4.69, 9.17) is 4.74 Å². The number of carbonyl (C=O) groups is 2. The van der Waals surface area contributed by atoms with Crippen LogP contribution in [0, 0.1) is 0 Å². The van der Waals surface area contributed by atoms with E-state index in [0.717, 1.165) is 44.6 Å². The van der Waals surface area contributed by atoms with Gasteiger partial charge in [-0.2, -0.15) is 0 Å². The van der Waals surface area contributed by atoms with Crippen molar-refractivity contribution < 1.29 is 14.3 Å². The van der Waals surface area contributed by atoms with Crippen LogP contribution in [0.15, 0.2) is 24.3 Å². The second kappa shape index (κ2) is 6.77. The number of rotatable bonds is 2. The molecule has 3 aliphatic rings. The molecule has 2 amide bonds. The summed E-state index contributed by atoms with van der Waals surface area (Å²) in [6.45, 7) is 3.98. The monoisotopic (exact) mass is 343 g/mol. The lowest BCUT2D eigenvalue weighted by Gasteiger charge is -2.40. The van der Waals surface area contributed by atoms with E-state index in [9.17, 15) is 9.59 Å². The van der Waals surface area contributed by atoms with E-state index in [2.05, 4.69) is 16.3 Å². The van der Waals surface area contributed by atoms with Crippen LogP contribution >= 0.6 is 0 Å². The van der Waals surface area contributed by atoms with Crippen LogP contribution in [0.3, 0.4) is 0 Å². The van der Waals surface area contributed by atoms with Gasteiger partial charge in [0.25, 0.3) is 0 Å². The van der Waals surface area contributed by atoms with Gasteiger partial charge in [-0.25, -0.2) is 0 Å². The molecule has 0 saturated carbocycles. The Balaban J connectivity index is 1.33. The molecule has 0 radical (unpaired) electrons. The standard InChI is InChI=1S/C19H25N3O3/c23-17-6-12-25-19(14-20-17)7-10-21(11-8-19)13-18(24)22-9-5-15-3-1-2-4-16(15)22/h1-4H,5-14H2,(H,20,23). The molecule has 6 heteroatoms. The molecule has 2 saturated heterocycles. The van der Waals surface area contributed by atoms with Gasteiger partial charge in [-0.3, -0.25) is 14.5 Å². The van der Waals surface area contributed by atoms with Gasteiger partial charge in [-0.15, -0.1) is 0 Å². The molecule has 0 unspecified atom stereocenters. The van der Waals surface area contributed by atoms with Crippen molar-refractivity contribution in [3.63, 3.8) is 0 Å². The highest BCUT2D eigenvalue weighted by atomic mass is 16.5. The number of para-hydroxylation sites is 1. The maximum atomic E-state index is 12.7. The van der Waals surface area contributed by atoms with Crippen LogP contribution in [0.5, 0.6) is 0 Å². The van der Waals surface area contributed by atoms with E-state index in [1.807, 2.05) is 23.1 Å². The Kier molecular flexibility index (Phi) is 4.48. The van der Waals surface area contributed by atoms with Crippen molar-refractivity contribution in [1.29, 1.82) is 0 Å². The fourth-order valence-electron chi connectivity index (χ4n) is 4.07. The van der Waals surface area contributed by atoms with Crippen molar-refractivity contribution in [3.05, 3.63) is 29.8 Å². The zero-order chi connectivity index (χ0) is 17.3. The summed E-state index contributed by atoms with van der Waals surface area (Å²) in [5.41, 5.74) is 2.08. The number of anilines is 1. The van der Waals surface area contributed by atoms with Crippen molar-refractivity contribution in [2.24, 2.45) is 0 Å². The molecule has 1 aromatic carbocycles. The van der Waals surface area contributed by atoms with Gasteiger partial charge >= 0.3 is 0 Å². The molecule has 1 N–H and O–H groups in total. The number of nitrogens with one attached hydrogen (secondary N) is 1. The first-order chi connectivity index (χ1) is 12.2. The molecule has 4 rings (SSSR count). The summed E-state index contributed by atoms with van der Waals surface area (Å²) in [5.74, 6) is 0.248. The summed E-state index contributed by atoms with van der Waals surface area (Å²) in [5, 5.41) is 2.96. The third-order valence-electron chi connectivity index (χ3n) is 5.66. The number of fused-ring (bicyclic) bond motifs is 1. The Morgan fingerprint density at radius 1 is 1.16 bits per heavy atom. The van der Waals surface area contributed by atoms with Gasteiger partial charge in [-0.1, -0.05) is 18.2 Å². The highest BCUT2D eigenvalue weighted by Crippen LogP contribution is 2.29. The Bertz CT molecular complexity index is 668. The van der Waals surface area contributed by atoms with Crippen LogP contribution < -0.4 is 10.2 Å². The molecule has 1 spiro atoms. The number of hydrogen-bond donors (Lipinski definition) is 1. The maximum Gasteiger partial charge on any atom is 0.241 e. The zero-order valence-corrected chi connectivity index (χ0v) is 14.5. The number of carbonyl (C=O) groups excluding carboxylic acids is 2. The average molecular weight is 343 g/mol. The van der Waals surface area contributed by atoms with E-state index in [-0.39, 0.29) is 17.4 Å². The normalized spacial score (nSPS) is 23.2. The Hall–Kier alpha value is -1.92. The topological polar surface area (TPSA) is 61.9 Å². The second-order valence-electron chi connectivity index (χ2n) is 7.26. The van der Waals surface area contributed by atoms with Gasteiger partial charge in [0.15, 0.2) is 0 Å². The predicted molar refractivity (Wildman–Crippen MR) is 94.5 cm³/mol. The number of benzene rings is 1.